The van der Waals surface area contributed by atoms with Gasteiger partial charge in [-0.15, -0.1) is 0 Å². The molecule has 0 bridgehead atoms. The SMILES string of the molecule is COc1ccc(Oc2nc(N(C)S(C)(=O)=O)nc(C(C)C)c2/C=C/[C@@H](O)C[C@@H](O)CC(=O)[O-])cc1.COc1ccc(Oc2nc(N(C)S(C)(=O)=O)nc(C(C)C)c2/C=C/[C@@H](O)C[C@@H](O)CC(=O)[O-])cc1.[Ca+2]. The number of sulfonamides is 2. The minimum absolute atomic E-state index is 0. The molecule has 2 aromatic heterocycles. The average Bonchev–Trinajstić information content (AvgIpc) is 3.26. The largest absolute Gasteiger partial charge is 2.00 e. The van der Waals surface area contributed by atoms with Crippen molar-refractivity contribution in [2.75, 3.05) is 49.4 Å². The summed E-state index contributed by atoms with van der Waals surface area (Å²) in [5.41, 5.74) is 1.67. The number of aliphatic carboxylic acids is 2. The number of hydrogen-bond donors (Lipinski definition) is 4. The van der Waals surface area contributed by atoms with Crippen LogP contribution in [0.3, 0.4) is 0 Å². The quantitative estimate of drug-likeness (QED) is 0.0726. The fraction of sp³-hybridized carbons (Fsp3) is 0.435. The Bertz CT molecular complexity index is 2490. The van der Waals surface area contributed by atoms with Crippen molar-refractivity contribution >= 4 is 93.8 Å². The minimum Gasteiger partial charge on any atom is -0.550 e. The van der Waals surface area contributed by atoms with E-state index in [9.17, 15) is 57.1 Å². The number of carbonyl (C=O) groups is 2. The molecule has 0 unspecified atom stereocenters. The summed E-state index contributed by atoms with van der Waals surface area (Å²) in [6.45, 7) is 7.39. The van der Waals surface area contributed by atoms with Crippen LogP contribution in [-0.4, -0.2) is 172 Å². The zero-order valence-electron chi connectivity index (χ0n) is 41.1. The maximum atomic E-state index is 12.1. The molecule has 0 fully saturated rings. The van der Waals surface area contributed by atoms with Crippen molar-refractivity contribution in [3.63, 3.8) is 0 Å². The number of carbonyl (C=O) groups excluding carboxylic acids is 2. The Morgan fingerprint density at radius 2 is 0.887 bits per heavy atom. The van der Waals surface area contributed by atoms with Crippen LogP contribution in [0.2, 0.25) is 0 Å². The third kappa shape index (κ3) is 20.1. The van der Waals surface area contributed by atoms with Crippen molar-refractivity contribution in [1.29, 1.82) is 0 Å². The average molecular weight is 1060 g/mol. The maximum absolute atomic E-state index is 12.1. The Balaban J connectivity index is 0.000000480. The number of rotatable bonds is 24. The number of carboxylic acid groups (broad SMARTS) is 2. The molecule has 384 valence electrons. The predicted molar refractivity (Wildman–Crippen MR) is 261 cm³/mol. The van der Waals surface area contributed by atoms with Crippen LogP contribution in [0.5, 0.6) is 34.8 Å². The van der Waals surface area contributed by atoms with Crippen molar-refractivity contribution in [3.05, 3.63) is 83.2 Å². The molecule has 2 heterocycles. The van der Waals surface area contributed by atoms with Crippen molar-refractivity contribution in [1.82, 2.24) is 19.9 Å². The smallest absolute Gasteiger partial charge is 0.550 e. The number of methoxy groups -OCH3 is 2. The van der Waals surface area contributed by atoms with Gasteiger partial charge in [-0.25, -0.2) is 35.4 Å². The molecule has 0 radical (unpaired) electrons. The molecule has 2 aromatic carbocycles. The molecule has 25 heteroatoms. The van der Waals surface area contributed by atoms with E-state index in [2.05, 4.69) is 19.9 Å². The number of hydrogen-bond acceptors (Lipinski definition) is 20. The molecule has 0 aliphatic carbocycles. The number of aliphatic hydroxyl groups excluding tert-OH is 4. The molecule has 4 aromatic rings. The van der Waals surface area contributed by atoms with E-state index in [-0.39, 0.29) is 86.1 Å². The number of aliphatic hydroxyl groups is 4. The Morgan fingerprint density at radius 3 is 1.14 bits per heavy atom. The van der Waals surface area contributed by atoms with Crippen molar-refractivity contribution in [3.8, 4) is 34.8 Å². The molecular weight excluding hydrogens is 997 g/mol. The summed E-state index contributed by atoms with van der Waals surface area (Å²) in [5, 5.41) is 61.3. The summed E-state index contributed by atoms with van der Waals surface area (Å²) in [7, 11) is -1.62. The van der Waals surface area contributed by atoms with Crippen LogP contribution in [0.15, 0.2) is 60.7 Å². The zero-order chi connectivity index (χ0) is 52.7. The molecule has 4 rings (SSSR count). The van der Waals surface area contributed by atoms with Gasteiger partial charge in [0.2, 0.25) is 43.7 Å². The molecule has 71 heavy (non-hydrogen) atoms. The number of benzene rings is 2. The summed E-state index contributed by atoms with van der Waals surface area (Å²) in [6.07, 6.45) is 1.12. The first kappa shape index (κ1) is 61.9. The molecule has 0 spiro atoms. The van der Waals surface area contributed by atoms with E-state index < -0.39 is 69.2 Å². The number of nitrogens with zero attached hydrogens (tertiary/aromatic N) is 6. The standard InChI is InChI=1S/2C23H31N3O8S.Ca/c2*1-14(2)21-19(11-6-15(27)12-16(28)13-20(29)30)22(25-23(24-21)26(3)35(5,31)32)34-18-9-7-17(33-4)8-10-18;/h2*6-11,14-16,27-28H,12-13H2,1-5H3,(H,29,30);/q;;+2/p-2/b2*11-6+;/t2*15-,16-;/m11./s1. The third-order valence-corrected chi connectivity index (χ3v) is 12.2. The van der Waals surface area contributed by atoms with Crippen LogP contribution in [-0.2, 0) is 29.6 Å². The van der Waals surface area contributed by atoms with Gasteiger partial charge in [-0.1, -0.05) is 39.8 Å². The predicted octanol–water partition coefficient (Wildman–Crippen LogP) is 1.74. The first-order valence-electron chi connectivity index (χ1n) is 21.5. The number of aromatic nitrogens is 4. The first-order chi connectivity index (χ1) is 32.6. The topological polar surface area (TPSA) is 324 Å². The van der Waals surface area contributed by atoms with Crippen LogP contribution in [0.1, 0.15) is 87.7 Å². The Morgan fingerprint density at radius 1 is 0.592 bits per heavy atom. The fourth-order valence-corrected chi connectivity index (χ4v) is 6.78. The molecule has 0 saturated carbocycles. The van der Waals surface area contributed by atoms with Crippen molar-refractivity contribution in [2.24, 2.45) is 0 Å². The molecule has 22 nitrogen and oxygen atoms in total. The maximum Gasteiger partial charge on any atom is 2.00 e. The van der Waals surface area contributed by atoms with Gasteiger partial charge in [0, 0.05) is 51.7 Å². The van der Waals surface area contributed by atoms with Gasteiger partial charge in [-0.05, 0) is 72.5 Å². The molecule has 0 saturated heterocycles. The Labute approximate surface area is 443 Å². The molecule has 0 aliphatic rings. The molecule has 4 atom stereocenters. The van der Waals surface area contributed by atoms with Gasteiger partial charge < -0.3 is 59.2 Å². The van der Waals surface area contributed by atoms with E-state index in [1.54, 1.807) is 48.5 Å². The van der Waals surface area contributed by atoms with Gasteiger partial charge in [0.05, 0.1) is 73.7 Å². The first-order valence-corrected chi connectivity index (χ1v) is 25.2. The van der Waals surface area contributed by atoms with Gasteiger partial charge in [0.25, 0.3) is 0 Å². The zero-order valence-corrected chi connectivity index (χ0v) is 45.0. The number of anilines is 2. The Hall–Kier alpha value is -5.18. The second kappa shape index (κ2) is 28.2. The van der Waals surface area contributed by atoms with E-state index in [1.165, 1.54) is 52.6 Å². The van der Waals surface area contributed by atoms with Gasteiger partial charge in [0.1, 0.15) is 23.0 Å². The van der Waals surface area contributed by atoms with Crippen LogP contribution in [0.25, 0.3) is 12.2 Å². The van der Waals surface area contributed by atoms with Gasteiger partial charge >= 0.3 is 37.7 Å². The normalized spacial score (nSPS) is 13.4. The second-order valence-electron chi connectivity index (χ2n) is 16.4. The van der Waals surface area contributed by atoms with Crippen LogP contribution < -0.4 is 37.8 Å². The van der Waals surface area contributed by atoms with Crippen molar-refractivity contribution in [2.45, 2.75) is 89.6 Å². The van der Waals surface area contributed by atoms with Crippen LogP contribution in [0.4, 0.5) is 11.9 Å². The molecule has 0 aliphatic heterocycles. The van der Waals surface area contributed by atoms with Crippen LogP contribution >= 0.6 is 0 Å². The Kier molecular flexibility index (Phi) is 24.6. The summed E-state index contributed by atoms with van der Waals surface area (Å²) >= 11 is 0. The van der Waals surface area contributed by atoms with Crippen LogP contribution in [0, 0.1) is 0 Å². The molecule has 4 N–H and O–H groups in total. The van der Waals surface area contributed by atoms with E-state index >= 15 is 0 Å². The fourth-order valence-electron chi connectivity index (χ4n) is 6.03. The molecule has 0 amide bonds. The number of carboxylic acids is 2. The molecular formula is C46H60CaN6O16S2. The van der Waals surface area contributed by atoms with Gasteiger partial charge in [0.15, 0.2) is 0 Å². The van der Waals surface area contributed by atoms with E-state index in [0.29, 0.717) is 45.5 Å². The number of ether oxygens (including phenoxy) is 4. The second-order valence-corrected chi connectivity index (χ2v) is 20.4. The van der Waals surface area contributed by atoms with Gasteiger partial charge in [-0.2, -0.15) is 9.97 Å². The van der Waals surface area contributed by atoms with Crippen molar-refractivity contribution < 1.29 is 76.0 Å². The third-order valence-electron chi connectivity index (χ3n) is 9.86. The summed E-state index contributed by atoms with van der Waals surface area (Å²) in [6, 6.07) is 13.3. The van der Waals surface area contributed by atoms with E-state index in [4.69, 9.17) is 18.9 Å². The summed E-state index contributed by atoms with van der Waals surface area (Å²) in [5.74, 6) is -1.34. The van der Waals surface area contributed by atoms with E-state index in [0.717, 1.165) is 21.1 Å². The monoisotopic (exact) mass is 1060 g/mol. The minimum atomic E-state index is -3.66. The van der Waals surface area contributed by atoms with Gasteiger partial charge in [-0.3, -0.25) is 0 Å². The summed E-state index contributed by atoms with van der Waals surface area (Å²) in [4.78, 5) is 38.7. The van der Waals surface area contributed by atoms with E-state index in [1.807, 2.05) is 27.7 Å². The summed E-state index contributed by atoms with van der Waals surface area (Å²) < 4.78 is 72.5.